The number of nitrogens with one attached hydrogen (secondary N) is 2. The van der Waals surface area contributed by atoms with Crippen LogP contribution in [0.5, 0.6) is 0 Å². The van der Waals surface area contributed by atoms with Gasteiger partial charge >= 0.3 is 0 Å². The number of aryl methyl sites for hydroxylation is 1. The number of amides is 4. The summed E-state index contributed by atoms with van der Waals surface area (Å²) in [6, 6.07) is 30.6. The van der Waals surface area contributed by atoms with E-state index >= 15 is 0 Å². The summed E-state index contributed by atoms with van der Waals surface area (Å²) >= 11 is 1.57. The maximum atomic E-state index is 13.4. The Morgan fingerprint density at radius 1 is 0.810 bits per heavy atom. The van der Waals surface area contributed by atoms with Crippen LogP contribution in [0.25, 0.3) is 6.08 Å². The quantitative estimate of drug-likeness (QED) is 0.102. The molecule has 7 nitrogen and oxygen atoms in total. The van der Waals surface area contributed by atoms with Crippen molar-refractivity contribution in [1.29, 1.82) is 0 Å². The third kappa shape index (κ3) is 6.67. The smallest absolute Gasteiger partial charge is 0.272 e. The van der Waals surface area contributed by atoms with Gasteiger partial charge in [-0.05, 0) is 78.8 Å². The molecule has 210 valence electrons. The average molecular weight is 576 g/mol. The van der Waals surface area contributed by atoms with Gasteiger partial charge in [-0.15, -0.1) is 11.8 Å². The molecule has 0 aliphatic carbocycles. The first-order valence-corrected chi connectivity index (χ1v) is 14.5. The minimum atomic E-state index is -0.449. The van der Waals surface area contributed by atoms with Crippen molar-refractivity contribution >= 4 is 47.2 Å². The van der Waals surface area contributed by atoms with Crippen LogP contribution in [0.1, 0.15) is 48.6 Å². The second-order valence-corrected chi connectivity index (χ2v) is 10.9. The first kappa shape index (κ1) is 28.6. The third-order valence-corrected chi connectivity index (χ3v) is 7.86. The molecule has 1 aliphatic rings. The van der Waals surface area contributed by atoms with Crippen molar-refractivity contribution in [2.24, 2.45) is 0 Å². The van der Waals surface area contributed by atoms with Crippen molar-refractivity contribution in [3.05, 3.63) is 137 Å². The van der Waals surface area contributed by atoms with E-state index in [1.54, 1.807) is 72.4 Å². The van der Waals surface area contributed by atoms with Gasteiger partial charge in [-0.25, -0.2) is 0 Å². The van der Waals surface area contributed by atoms with Gasteiger partial charge in [0.2, 0.25) is 0 Å². The van der Waals surface area contributed by atoms with Crippen LogP contribution in [0, 0.1) is 6.92 Å². The van der Waals surface area contributed by atoms with Crippen molar-refractivity contribution in [1.82, 2.24) is 10.2 Å². The van der Waals surface area contributed by atoms with Crippen LogP contribution >= 0.6 is 11.8 Å². The van der Waals surface area contributed by atoms with E-state index < -0.39 is 5.91 Å². The van der Waals surface area contributed by atoms with Crippen LogP contribution in [-0.4, -0.2) is 40.8 Å². The lowest BCUT2D eigenvalue weighted by molar-refractivity contribution is -0.113. The van der Waals surface area contributed by atoms with E-state index in [9.17, 15) is 19.2 Å². The number of thioether (sulfide) groups is 1. The monoisotopic (exact) mass is 575 g/mol. The fourth-order valence-corrected chi connectivity index (χ4v) is 5.46. The Morgan fingerprint density at radius 3 is 2.19 bits per heavy atom. The molecule has 0 spiro atoms. The minimum absolute atomic E-state index is 0.122. The molecule has 0 atom stereocenters. The van der Waals surface area contributed by atoms with E-state index in [2.05, 4.69) is 10.6 Å². The van der Waals surface area contributed by atoms with Crippen molar-refractivity contribution < 1.29 is 19.2 Å². The fraction of sp³-hybridized carbons (Fsp3) is 0.118. The molecule has 42 heavy (non-hydrogen) atoms. The number of fused-ring (bicyclic) bond motifs is 1. The van der Waals surface area contributed by atoms with Crippen LogP contribution in [0.3, 0.4) is 0 Å². The summed E-state index contributed by atoms with van der Waals surface area (Å²) in [6.45, 7) is 2.28. The van der Waals surface area contributed by atoms with Gasteiger partial charge in [-0.1, -0.05) is 60.7 Å². The number of hydrogen-bond acceptors (Lipinski definition) is 5. The maximum absolute atomic E-state index is 13.4. The van der Waals surface area contributed by atoms with E-state index in [0.29, 0.717) is 41.1 Å². The highest BCUT2D eigenvalue weighted by Crippen LogP contribution is 2.25. The van der Waals surface area contributed by atoms with Crippen molar-refractivity contribution in [2.75, 3.05) is 17.6 Å². The second-order valence-electron chi connectivity index (χ2n) is 9.73. The molecule has 0 saturated carbocycles. The molecule has 4 amide bonds. The Kier molecular flexibility index (Phi) is 8.94. The highest BCUT2D eigenvalue weighted by molar-refractivity contribution is 7.99. The number of imide groups is 1. The third-order valence-electron chi connectivity index (χ3n) is 6.78. The summed E-state index contributed by atoms with van der Waals surface area (Å²) < 4.78 is 0. The molecule has 0 radical (unpaired) electrons. The summed E-state index contributed by atoms with van der Waals surface area (Å²) in [4.78, 5) is 53.7. The first-order chi connectivity index (χ1) is 20.4. The summed E-state index contributed by atoms with van der Waals surface area (Å²) in [5, 5.41) is 5.67. The highest BCUT2D eigenvalue weighted by atomic mass is 32.2. The minimum Gasteiger partial charge on any atom is -0.321 e. The highest BCUT2D eigenvalue weighted by Gasteiger charge is 2.34. The normalized spacial score (nSPS) is 12.7. The van der Waals surface area contributed by atoms with Gasteiger partial charge in [-0.2, -0.15) is 0 Å². The number of benzene rings is 4. The molecular formula is C34H29N3O4S. The van der Waals surface area contributed by atoms with E-state index in [1.165, 1.54) is 4.90 Å². The lowest BCUT2D eigenvalue weighted by atomic mass is 10.1. The standard InChI is InChI=1S/C34H29N3O4S/c1-23-11-5-6-14-25(23)21-30(36-31(38)24-12-3-2-4-13-24)32(39)35-26-15-9-16-27(22-26)42-20-10-19-37-33(40)28-17-7-8-18-29(28)34(37)41/h2-9,11-18,21-22H,10,19-20H2,1H3,(H,35,39)(H,36,38)/b30-21-. The summed E-state index contributed by atoms with van der Waals surface area (Å²) in [6.07, 6.45) is 2.30. The van der Waals surface area contributed by atoms with Gasteiger partial charge in [0.15, 0.2) is 0 Å². The van der Waals surface area contributed by atoms with Crippen LogP contribution in [-0.2, 0) is 4.79 Å². The molecule has 1 heterocycles. The van der Waals surface area contributed by atoms with E-state index in [0.717, 1.165) is 16.0 Å². The molecule has 0 fully saturated rings. The van der Waals surface area contributed by atoms with E-state index in [4.69, 9.17) is 0 Å². The largest absolute Gasteiger partial charge is 0.321 e. The Morgan fingerprint density at radius 2 is 1.48 bits per heavy atom. The zero-order valence-corrected chi connectivity index (χ0v) is 23.8. The summed E-state index contributed by atoms with van der Waals surface area (Å²) in [5.41, 5.74) is 3.84. The molecule has 8 heteroatoms. The lowest BCUT2D eigenvalue weighted by Gasteiger charge is -2.14. The first-order valence-electron chi connectivity index (χ1n) is 13.5. The summed E-state index contributed by atoms with van der Waals surface area (Å²) in [5.74, 6) is -0.655. The van der Waals surface area contributed by atoms with Gasteiger partial charge in [0.25, 0.3) is 23.6 Å². The molecule has 4 aromatic rings. The second kappa shape index (κ2) is 13.1. The Hall–Kier alpha value is -4.95. The van der Waals surface area contributed by atoms with Gasteiger partial charge in [-0.3, -0.25) is 24.1 Å². The molecule has 5 rings (SSSR count). The molecule has 0 unspecified atom stereocenters. The lowest BCUT2D eigenvalue weighted by Crippen LogP contribution is -2.31. The molecule has 0 saturated heterocycles. The van der Waals surface area contributed by atoms with E-state index in [-0.39, 0.29) is 23.4 Å². The van der Waals surface area contributed by atoms with Crippen LogP contribution in [0.4, 0.5) is 5.69 Å². The Labute approximate surface area is 248 Å². The Bertz CT molecular complexity index is 1650. The predicted molar refractivity (Wildman–Crippen MR) is 165 cm³/mol. The van der Waals surface area contributed by atoms with Gasteiger partial charge in [0.05, 0.1) is 11.1 Å². The van der Waals surface area contributed by atoms with Gasteiger partial charge in [0, 0.05) is 22.7 Å². The van der Waals surface area contributed by atoms with Crippen molar-refractivity contribution in [3.8, 4) is 0 Å². The number of nitrogens with zero attached hydrogens (tertiary/aromatic N) is 1. The number of rotatable bonds is 10. The molecule has 0 aromatic heterocycles. The van der Waals surface area contributed by atoms with Crippen LogP contribution in [0.2, 0.25) is 0 Å². The van der Waals surface area contributed by atoms with Gasteiger partial charge < -0.3 is 10.6 Å². The number of carbonyl (C=O) groups is 4. The van der Waals surface area contributed by atoms with Crippen molar-refractivity contribution in [3.63, 3.8) is 0 Å². The molecule has 1 aliphatic heterocycles. The molecule has 4 aromatic carbocycles. The SMILES string of the molecule is Cc1ccccc1/C=C(\NC(=O)c1ccccc1)C(=O)Nc1cccc(SCCCN2C(=O)c3ccccc3C2=O)c1. The fourth-order valence-electron chi connectivity index (χ4n) is 4.56. The molecule has 0 bridgehead atoms. The average Bonchev–Trinajstić information content (AvgIpc) is 3.25. The van der Waals surface area contributed by atoms with Crippen LogP contribution < -0.4 is 10.6 Å². The number of hydrogen-bond donors (Lipinski definition) is 2. The van der Waals surface area contributed by atoms with E-state index in [1.807, 2.05) is 55.5 Å². The number of carbonyl (C=O) groups excluding carboxylic acids is 4. The predicted octanol–water partition coefficient (Wildman–Crippen LogP) is 6.18. The Balaban J connectivity index is 1.22. The zero-order chi connectivity index (χ0) is 29.5. The number of anilines is 1. The molecular weight excluding hydrogens is 546 g/mol. The molecule has 2 N–H and O–H groups in total. The topological polar surface area (TPSA) is 95.6 Å². The van der Waals surface area contributed by atoms with Crippen molar-refractivity contribution in [2.45, 2.75) is 18.2 Å². The zero-order valence-electron chi connectivity index (χ0n) is 23.0. The maximum Gasteiger partial charge on any atom is 0.272 e. The van der Waals surface area contributed by atoms with Gasteiger partial charge in [0.1, 0.15) is 5.70 Å². The summed E-state index contributed by atoms with van der Waals surface area (Å²) in [7, 11) is 0. The van der Waals surface area contributed by atoms with Crippen LogP contribution in [0.15, 0.2) is 114 Å².